The minimum Gasteiger partial charge on any atom is -0.478 e. The van der Waals surface area contributed by atoms with Crippen LogP contribution < -0.4 is 5.73 Å². The van der Waals surface area contributed by atoms with Crippen molar-refractivity contribution in [2.45, 2.75) is 0 Å². The molecule has 0 aliphatic carbocycles. The zero-order valence-corrected chi connectivity index (χ0v) is 14.1. The molecule has 3 rings (SSSR count). The average Bonchev–Trinajstić information content (AvgIpc) is 2.57. The predicted molar refractivity (Wildman–Crippen MR) is 97.6 cm³/mol. The van der Waals surface area contributed by atoms with Crippen molar-refractivity contribution in [1.82, 2.24) is 15.0 Å². The smallest absolute Gasteiger partial charge is 0.335 e. The van der Waals surface area contributed by atoms with Gasteiger partial charge in [-0.15, -0.1) is 24.8 Å². The van der Waals surface area contributed by atoms with E-state index in [-0.39, 0.29) is 30.8 Å². The maximum Gasteiger partial charge on any atom is 0.335 e. The molecule has 0 unspecified atom stereocenters. The number of halogens is 2. The molecule has 0 aliphatic rings. The van der Waals surface area contributed by atoms with Gasteiger partial charge < -0.3 is 10.8 Å². The highest BCUT2D eigenvalue weighted by Crippen LogP contribution is 2.14. The number of benzene rings is 1. The van der Waals surface area contributed by atoms with E-state index >= 15 is 0 Å². The number of carbonyl (C=O) groups is 1. The van der Waals surface area contributed by atoms with E-state index in [1.165, 1.54) is 0 Å². The van der Waals surface area contributed by atoms with Crippen molar-refractivity contribution in [2.75, 3.05) is 5.73 Å². The zero-order chi connectivity index (χ0) is 15.8. The molecule has 126 valence electrons. The number of rotatable bonds is 2. The third-order valence-corrected chi connectivity index (χ3v) is 2.65. The number of aromatic carboxylic acids is 1. The van der Waals surface area contributed by atoms with Crippen LogP contribution in [0.25, 0.3) is 11.3 Å². The summed E-state index contributed by atoms with van der Waals surface area (Å²) in [6, 6.07) is 13.9. The van der Waals surface area contributed by atoms with Gasteiger partial charge in [0.1, 0.15) is 0 Å². The molecule has 0 amide bonds. The van der Waals surface area contributed by atoms with Crippen LogP contribution >= 0.6 is 24.8 Å². The molecule has 8 heteroatoms. The largest absolute Gasteiger partial charge is 0.478 e. The molecule has 6 nitrogen and oxygen atoms in total. The van der Waals surface area contributed by atoms with Crippen molar-refractivity contribution >= 4 is 36.7 Å². The molecular weight excluding hydrogens is 351 g/mol. The van der Waals surface area contributed by atoms with Gasteiger partial charge in [0.25, 0.3) is 0 Å². The number of hydrogen-bond donors (Lipinski definition) is 2. The van der Waals surface area contributed by atoms with Gasteiger partial charge in [-0.25, -0.2) is 14.8 Å². The van der Waals surface area contributed by atoms with Crippen molar-refractivity contribution < 1.29 is 9.90 Å². The van der Waals surface area contributed by atoms with Crippen molar-refractivity contribution in [1.29, 1.82) is 0 Å². The Hall–Kier alpha value is -2.70. The molecule has 0 aliphatic heterocycles. The van der Waals surface area contributed by atoms with E-state index in [1.807, 2.05) is 12.1 Å². The van der Waals surface area contributed by atoms with E-state index in [0.717, 1.165) is 11.3 Å². The number of nitrogens with zero attached hydrogens (tertiary/aromatic N) is 3. The quantitative estimate of drug-likeness (QED) is 0.720. The topological polar surface area (TPSA) is 102 Å². The highest BCUT2D eigenvalue weighted by molar-refractivity contribution is 5.87. The Balaban J connectivity index is 0.000000431. The van der Waals surface area contributed by atoms with Gasteiger partial charge in [0, 0.05) is 24.2 Å². The zero-order valence-electron chi connectivity index (χ0n) is 12.4. The number of anilines is 1. The molecule has 24 heavy (non-hydrogen) atoms. The lowest BCUT2D eigenvalue weighted by molar-refractivity contribution is 0.0697. The van der Waals surface area contributed by atoms with Gasteiger partial charge in [0.2, 0.25) is 5.95 Å². The number of aromatic nitrogens is 3. The van der Waals surface area contributed by atoms with Crippen LogP contribution in [0.1, 0.15) is 10.4 Å². The summed E-state index contributed by atoms with van der Waals surface area (Å²) in [5, 5.41) is 8.38. The van der Waals surface area contributed by atoms with Crippen LogP contribution in [0, 0.1) is 0 Å². The van der Waals surface area contributed by atoms with Gasteiger partial charge in [0.15, 0.2) is 0 Å². The second kappa shape index (κ2) is 10.9. The number of pyridine rings is 1. The van der Waals surface area contributed by atoms with Crippen LogP contribution in [0.15, 0.2) is 67.1 Å². The van der Waals surface area contributed by atoms with Gasteiger partial charge in [-0.05, 0) is 30.3 Å². The van der Waals surface area contributed by atoms with E-state index < -0.39 is 5.97 Å². The summed E-state index contributed by atoms with van der Waals surface area (Å²) in [5.74, 6) is -0.600. The van der Waals surface area contributed by atoms with Gasteiger partial charge in [-0.3, -0.25) is 4.98 Å². The fourth-order valence-corrected chi connectivity index (χ4v) is 1.63. The van der Waals surface area contributed by atoms with Gasteiger partial charge in [0.05, 0.1) is 11.3 Å². The Kier molecular flexibility index (Phi) is 9.70. The van der Waals surface area contributed by atoms with Crippen LogP contribution in [-0.2, 0) is 0 Å². The fraction of sp³-hybridized carbons (Fsp3) is 0. The number of hydrogen-bond acceptors (Lipinski definition) is 5. The SMILES string of the molecule is Cl.Cl.Nc1nccc(-c2cccnc2)n1.O=C(O)c1ccccc1. The number of carboxylic acids is 1. The maximum atomic E-state index is 10.2. The van der Waals surface area contributed by atoms with E-state index in [4.69, 9.17) is 10.8 Å². The van der Waals surface area contributed by atoms with E-state index in [9.17, 15) is 4.79 Å². The molecule has 2 aromatic heterocycles. The van der Waals surface area contributed by atoms with Crippen molar-refractivity contribution in [2.24, 2.45) is 0 Å². The van der Waals surface area contributed by atoms with Crippen molar-refractivity contribution in [3.8, 4) is 11.3 Å². The third kappa shape index (κ3) is 6.60. The van der Waals surface area contributed by atoms with Gasteiger partial charge in [-0.2, -0.15) is 0 Å². The lowest BCUT2D eigenvalue weighted by Gasteiger charge is -1.98. The first-order chi connectivity index (χ1) is 10.7. The van der Waals surface area contributed by atoms with Gasteiger partial charge >= 0.3 is 5.97 Å². The summed E-state index contributed by atoms with van der Waals surface area (Å²) >= 11 is 0. The molecule has 3 N–H and O–H groups in total. The minimum atomic E-state index is -0.879. The summed E-state index contributed by atoms with van der Waals surface area (Å²) < 4.78 is 0. The lowest BCUT2D eigenvalue weighted by Crippen LogP contribution is -1.95. The van der Waals surface area contributed by atoms with Crippen molar-refractivity contribution in [3.05, 3.63) is 72.7 Å². The van der Waals surface area contributed by atoms with Crippen LogP contribution in [-0.4, -0.2) is 26.0 Å². The molecule has 1 aromatic carbocycles. The summed E-state index contributed by atoms with van der Waals surface area (Å²) in [7, 11) is 0. The molecule has 0 saturated carbocycles. The second-order valence-electron chi connectivity index (χ2n) is 4.21. The summed E-state index contributed by atoms with van der Waals surface area (Å²) in [6.45, 7) is 0. The van der Waals surface area contributed by atoms with Crippen LogP contribution in [0.3, 0.4) is 0 Å². The molecular formula is C16H16Cl2N4O2. The number of nitrogens with two attached hydrogens (primary N) is 1. The molecule has 0 radical (unpaired) electrons. The fourth-order valence-electron chi connectivity index (χ4n) is 1.63. The molecule has 2 heterocycles. The Morgan fingerprint density at radius 2 is 1.67 bits per heavy atom. The standard InChI is InChI=1S/C9H8N4.C7H6O2.2ClH/c10-9-12-5-3-8(13-9)7-2-1-4-11-6-7;8-7(9)6-4-2-1-3-5-6;;/h1-6H,(H2,10,12,13);1-5H,(H,8,9);2*1H. The maximum absolute atomic E-state index is 10.2. The second-order valence-corrected chi connectivity index (χ2v) is 4.21. The van der Waals surface area contributed by atoms with Crippen LogP contribution in [0.5, 0.6) is 0 Å². The number of carboxylic acid groups (broad SMARTS) is 1. The summed E-state index contributed by atoms with van der Waals surface area (Å²) in [6.07, 6.45) is 5.08. The van der Waals surface area contributed by atoms with E-state index in [2.05, 4.69) is 15.0 Å². The predicted octanol–water partition coefficient (Wildman–Crippen LogP) is 3.35. The lowest BCUT2D eigenvalue weighted by atomic mass is 10.2. The normalized spacial score (nSPS) is 8.67. The Morgan fingerprint density at radius 1 is 0.958 bits per heavy atom. The molecule has 0 fully saturated rings. The monoisotopic (exact) mass is 366 g/mol. The minimum absolute atomic E-state index is 0. The van der Waals surface area contributed by atoms with E-state index in [0.29, 0.717) is 5.56 Å². The molecule has 0 saturated heterocycles. The Labute approximate surface area is 151 Å². The molecule has 0 bridgehead atoms. The highest BCUT2D eigenvalue weighted by atomic mass is 35.5. The molecule has 0 atom stereocenters. The molecule has 3 aromatic rings. The van der Waals surface area contributed by atoms with Gasteiger partial charge in [-0.1, -0.05) is 18.2 Å². The molecule has 0 spiro atoms. The van der Waals surface area contributed by atoms with E-state index in [1.54, 1.807) is 55.0 Å². The summed E-state index contributed by atoms with van der Waals surface area (Å²) in [5.41, 5.74) is 7.52. The first-order valence-corrected chi connectivity index (χ1v) is 6.44. The first kappa shape index (κ1) is 21.3. The Morgan fingerprint density at radius 3 is 2.17 bits per heavy atom. The average molecular weight is 367 g/mol. The number of nitrogen functional groups attached to an aromatic ring is 1. The first-order valence-electron chi connectivity index (χ1n) is 6.44. The Bertz CT molecular complexity index is 743. The summed E-state index contributed by atoms with van der Waals surface area (Å²) in [4.78, 5) is 22.1. The van der Waals surface area contributed by atoms with Crippen LogP contribution in [0.2, 0.25) is 0 Å². The third-order valence-electron chi connectivity index (χ3n) is 2.65. The van der Waals surface area contributed by atoms with Crippen molar-refractivity contribution in [3.63, 3.8) is 0 Å². The van der Waals surface area contributed by atoms with Crippen LogP contribution in [0.4, 0.5) is 5.95 Å². The highest BCUT2D eigenvalue weighted by Gasteiger charge is 1.98.